The molecular formula is C29H34F3NO4S. The summed E-state index contributed by atoms with van der Waals surface area (Å²) in [5.74, 6) is 0.533. The van der Waals surface area contributed by atoms with Gasteiger partial charge in [-0.3, -0.25) is 4.90 Å². The van der Waals surface area contributed by atoms with Crippen molar-refractivity contribution in [1.82, 2.24) is 4.90 Å². The molecule has 0 aromatic heterocycles. The average Bonchev–Trinajstić information content (AvgIpc) is 2.86. The topological polar surface area (TPSA) is 66.8 Å². The predicted molar refractivity (Wildman–Crippen MR) is 142 cm³/mol. The van der Waals surface area contributed by atoms with Crippen LogP contribution >= 0.6 is 0 Å². The minimum Gasteiger partial charge on any atom is -0.494 e. The second kappa shape index (κ2) is 12.8. The zero-order chi connectivity index (χ0) is 27.9. The Morgan fingerprint density at radius 3 is 2.32 bits per heavy atom. The van der Waals surface area contributed by atoms with Crippen molar-refractivity contribution in [2.24, 2.45) is 0 Å². The number of hydrogen-bond donors (Lipinski definition) is 1. The Labute approximate surface area is 222 Å². The molecule has 3 aromatic carbocycles. The summed E-state index contributed by atoms with van der Waals surface area (Å²) in [6.45, 7) is 5.43. The molecule has 0 amide bonds. The number of rotatable bonds is 12. The zero-order valence-corrected chi connectivity index (χ0v) is 22.6. The van der Waals surface area contributed by atoms with Crippen LogP contribution in [0.15, 0.2) is 77.7 Å². The Morgan fingerprint density at radius 2 is 1.68 bits per heavy atom. The van der Waals surface area contributed by atoms with Gasteiger partial charge in [-0.05, 0) is 54.2 Å². The van der Waals surface area contributed by atoms with Crippen molar-refractivity contribution >= 4 is 9.84 Å². The fourth-order valence-electron chi connectivity index (χ4n) is 4.36. The van der Waals surface area contributed by atoms with Gasteiger partial charge in [0.15, 0.2) is 9.84 Å². The molecule has 3 aromatic rings. The molecule has 1 N–H and O–H groups in total. The monoisotopic (exact) mass is 549 g/mol. The summed E-state index contributed by atoms with van der Waals surface area (Å²) in [7, 11) is -3.56. The van der Waals surface area contributed by atoms with Crippen molar-refractivity contribution < 1.29 is 31.4 Å². The normalized spacial score (nSPS) is 13.9. The molecule has 38 heavy (non-hydrogen) atoms. The minimum absolute atomic E-state index is 0.0212. The van der Waals surface area contributed by atoms with E-state index in [2.05, 4.69) is 11.8 Å². The molecule has 5 nitrogen and oxygen atoms in total. The maximum absolute atomic E-state index is 13.2. The van der Waals surface area contributed by atoms with Gasteiger partial charge in [-0.1, -0.05) is 61.5 Å². The maximum Gasteiger partial charge on any atom is 0.416 e. The third-order valence-electron chi connectivity index (χ3n) is 6.28. The lowest BCUT2D eigenvalue weighted by Crippen LogP contribution is -2.29. The van der Waals surface area contributed by atoms with Crippen molar-refractivity contribution in [2.45, 2.75) is 49.9 Å². The molecule has 0 radical (unpaired) electrons. The van der Waals surface area contributed by atoms with Crippen LogP contribution in [-0.4, -0.2) is 44.4 Å². The van der Waals surface area contributed by atoms with E-state index in [-0.39, 0.29) is 17.4 Å². The quantitative estimate of drug-likeness (QED) is 0.271. The number of benzene rings is 3. The van der Waals surface area contributed by atoms with E-state index >= 15 is 0 Å². The summed E-state index contributed by atoms with van der Waals surface area (Å²) in [4.78, 5) is 2.13. The highest BCUT2D eigenvalue weighted by atomic mass is 32.2. The van der Waals surface area contributed by atoms with Crippen LogP contribution in [0.2, 0.25) is 0 Å². The molecule has 0 heterocycles. The van der Waals surface area contributed by atoms with Gasteiger partial charge in [0, 0.05) is 25.9 Å². The van der Waals surface area contributed by atoms with Gasteiger partial charge in [-0.2, -0.15) is 13.2 Å². The number of sulfone groups is 1. The molecule has 0 saturated carbocycles. The van der Waals surface area contributed by atoms with E-state index in [0.29, 0.717) is 42.9 Å². The van der Waals surface area contributed by atoms with Crippen molar-refractivity contribution in [1.29, 1.82) is 0 Å². The van der Waals surface area contributed by atoms with Crippen molar-refractivity contribution in [2.75, 3.05) is 26.0 Å². The first-order chi connectivity index (χ1) is 17.8. The molecule has 2 unspecified atom stereocenters. The van der Waals surface area contributed by atoms with E-state index in [1.165, 1.54) is 31.2 Å². The lowest BCUT2D eigenvalue weighted by atomic mass is 10.00. The Balaban J connectivity index is 1.70. The number of halogens is 3. The molecule has 0 aliphatic heterocycles. The molecule has 0 fully saturated rings. The molecule has 2 atom stereocenters. The highest BCUT2D eigenvalue weighted by Gasteiger charge is 2.30. The molecule has 0 saturated heterocycles. The Hall–Kier alpha value is -2.88. The fourth-order valence-corrected chi connectivity index (χ4v) is 5.36. The number of aliphatic hydroxyl groups is 1. The molecule has 0 spiro atoms. The van der Waals surface area contributed by atoms with E-state index in [1.807, 2.05) is 30.3 Å². The Morgan fingerprint density at radius 1 is 0.974 bits per heavy atom. The fraction of sp³-hybridized carbons (Fsp3) is 0.379. The van der Waals surface area contributed by atoms with E-state index in [1.54, 1.807) is 12.1 Å². The van der Waals surface area contributed by atoms with Gasteiger partial charge < -0.3 is 9.84 Å². The van der Waals surface area contributed by atoms with Gasteiger partial charge in [0.1, 0.15) is 5.75 Å². The van der Waals surface area contributed by atoms with Gasteiger partial charge >= 0.3 is 6.18 Å². The van der Waals surface area contributed by atoms with Gasteiger partial charge in [0.05, 0.1) is 23.2 Å². The number of nitrogens with zero attached hydrogens (tertiary/aromatic N) is 1. The summed E-state index contributed by atoms with van der Waals surface area (Å²) >= 11 is 0. The second-order valence-electron chi connectivity index (χ2n) is 9.59. The number of aliphatic hydroxyl groups excluding tert-OH is 1. The van der Waals surface area contributed by atoms with Gasteiger partial charge in [0.25, 0.3) is 0 Å². The van der Waals surface area contributed by atoms with E-state index < -0.39 is 27.7 Å². The Kier molecular flexibility index (Phi) is 9.98. The summed E-state index contributed by atoms with van der Waals surface area (Å²) in [6.07, 6.45) is -3.69. The van der Waals surface area contributed by atoms with Crippen molar-refractivity contribution in [3.8, 4) is 5.75 Å². The van der Waals surface area contributed by atoms with Crippen LogP contribution in [0.4, 0.5) is 13.2 Å². The molecule has 0 aliphatic rings. The maximum atomic E-state index is 13.2. The van der Waals surface area contributed by atoms with Crippen LogP contribution in [0.3, 0.4) is 0 Å². The largest absolute Gasteiger partial charge is 0.494 e. The van der Waals surface area contributed by atoms with E-state index in [0.717, 1.165) is 17.9 Å². The van der Waals surface area contributed by atoms with Gasteiger partial charge in [0.2, 0.25) is 0 Å². The van der Waals surface area contributed by atoms with Crippen molar-refractivity contribution in [3.63, 3.8) is 0 Å². The number of hydrogen-bond acceptors (Lipinski definition) is 5. The summed E-state index contributed by atoms with van der Waals surface area (Å²) in [5, 5.41) is 9.90. The highest BCUT2D eigenvalue weighted by molar-refractivity contribution is 7.90. The van der Waals surface area contributed by atoms with Crippen molar-refractivity contribution in [3.05, 3.63) is 95.1 Å². The first-order valence-electron chi connectivity index (χ1n) is 12.4. The Bertz CT molecular complexity index is 1290. The number of alkyl halides is 3. The minimum atomic E-state index is -4.40. The lowest BCUT2D eigenvalue weighted by molar-refractivity contribution is -0.137. The molecule has 3 rings (SSSR count). The van der Waals surface area contributed by atoms with Crippen LogP contribution < -0.4 is 4.74 Å². The molecule has 0 aliphatic carbocycles. The van der Waals surface area contributed by atoms with Crippen LogP contribution in [0.25, 0.3) is 0 Å². The van der Waals surface area contributed by atoms with Crippen LogP contribution in [0, 0.1) is 0 Å². The first-order valence-corrected chi connectivity index (χ1v) is 14.3. The third kappa shape index (κ3) is 8.58. The smallest absolute Gasteiger partial charge is 0.416 e. The third-order valence-corrected chi connectivity index (χ3v) is 7.44. The van der Waals surface area contributed by atoms with Crippen LogP contribution in [-0.2, 0) is 22.6 Å². The molecule has 0 bridgehead atoms. The van der Waals surface area contributed by atoms with Crippen LogP contribution in [0.1, 0.15) is 54.5 Å². The highest BCUT2D eigenvalue weighted by Crippen LogP contribution is 2.30. The first kappa shape index (κ1) is 29.7. The molecule has 9 heteroatoms. The summed E-state index contributed by atoms with van der Waals surface area (Å²) in [5.41, 5.74) is 1.36. The lowest BCUT2D eigenvalue weighted by Gasteiger charge is -2.26. The number of ether oxygens (including phenoxy) is 1. The predicted octanol–water partition coefficient (Wildman–Crippen LogP) is 6.24. The molecule has 206 valence electrons. The summed E-state index contributed by atoms with van der Waals surface area (Å²) in [6, 6.07) is 19.9. The van der Waals surface area contributed by atoms with E-state index in [4.69, 9.17) is 4.74 Å². The van der Waals surface area contributed by atoms with Gasteiger partial charge in [-0.15, -0.1) is 0 Å². The standard InChI is InChI=1S/C29H34F3NO4S/c1-21(24-10-5-4-6-11-24)19-33(20-23-9-7-12-25(17-23)29(30,31)32)15-8-16-37-26-13-14-27(22(2)34)28(18-26)38(3,35)36/h4-7,9-14,17-18,21-22,34H,8,15-16,19-20H2,1-3H3. The average molecular weight is 550 g/mol. The van der Waals surface area contributed by atoms with Gasteiger partial charge in [-0.25, -0.2) is 8.42 Å². The van der Waals surface area contributed by atoms with E-state index in [9.17, 15) is 26.7 Å². The SMILES string of the molecule is CC(O)c1ccc(OCCCN(Cc2cccc(C(F)(F)F)c2)CC(C)c2ccccc2)cc1S(C)(=O)=O. The summed E-state index contributed by atoms with van der Waals surface area (Å²) < 4.78 is 69.8. The zero-order valence-electron chi connectivity index (χ0n) is 21.8. The van der Waals surface area contributed by atoms with Crippen LogP contribution in [0.5, 0.6) is 5.75 Å². The second-order valence-corrected chi connectivity index (χ2v) is 11.6. The molecular weight excluding hydrogens is 515 g/mol.